The second-order valence-electron chi connectivity index (χ2n) is 10.8. The maximum atomic E-state index is 13.0. The van der Waals surface area contributed by atoms with Gasteiger partial charge in [0.25, 0.3) is 0 Å². The molecule has 36 heavy (non-hydrogen) atoms. The quantitative estimate of drug-likeness (QED) is 0.644. The number of nitrogens with one attached hydrogen (secondary N) is 1. The smallest absolute Gasteiger partial charge is 0.412 e. The van der Waals surface area contributed by atoms with Crippen molar-refractivity contribution in [2.45, 2.75) is 52.2 Å². The van der Waals surface area contributed by atoms with Gasteiger partial charge in [-0.25, -0.2) is 9.59 Å². The van der Waals surface area contributed by atoms with Gasteiger partial charge in [0.15, 0.2) is 0 Å². The average Bonchev–Trinajstić information content (AvgIpc) is 3.45. The molecule has 1 spiro atoms. The number of rotatable bonds is 5. The summed E-state index contributed by atoms with van der Waals surface area (Å²) in [5.74, 6) is 0.0739. The summed E-state index contributed by atoms with van der Waals surface area (Å²) in [6.45, 7) is 8.33. The molecule has 2 aromatic carbocycles. The monoisotopic (exact) mass is 493 g/mol. The Morgan fingerprint density at radius 2 is 1.53 bits per heavy atom. The van der Waals surface area contributed by atoms with E-state index in [4.69, 9.17) is 9.47 Å². The zero-order chi connectivity index (χ0) is 25.8. The lowest BCUT2D eigenvalue weighted by atomic mass is 9.86. The molecular weight excluding hydrogens is 458 g/mol. The van der Waals surface area contributed by atoms with Crippen LogP contribution in [0.15, 0.2) is 54.6 Å². The SMILES string of the molecule is CC(C)(C)OC(=O)Nc1ccc(CC(=O)N2CCC3(CCN(C(=O)OCc4ccccc4)C3)C2)cc1. The predicted octanol–water partition coefficient (Wildman–Crippen LogP) is 4.84. The van der Waals surface area contributed by atoms with E-state index in [1.807, 2.05) is 68.1 Å². The van der Waals surface area contributed by atoms with Crippen LogP contribution in [0.3, 0.4) is 0 Å². The molecular formula is C28H35N3O5. The molecule has 2 fully saturated rings. The third-order valence-electron chi connectivity index (χ3n) is 6.65. The van der Waals surface area contributed by atoms with Crippen LogP contribution in [0.4, 0.5) is 15.3 Å². The number of hydrogen-bond donors (Lipinski definition) is 1. The fourth-order valence-corrected chi connectivity index (χ4v) is 4.80. The Hall–Kier alpha value is -3.55. The molecule has 0 saturated carbocycles. The fraction of sp³-hybridized carbons (Fsp3) is 0.464. The highest BCUT2D eigenvalue weighted by Gasteiger charge is 2.46. The second-order valence-corrected chi connectivity index (χ2v) is 10.8. The number of amides is 3. The topological polar surface area (TPSA) is 88.2 Å². The van der Waals surface area contributed by atoms with Crippen LogP contribution >= 0.6 is 0 Å². The van der Waals surface area contributed by atoms with Gasteiger partial charge in [-0.15, -0.1) is 0 Å². The molecule has 2 aromatic rings. The normalized spacial score (nSPS) is 19.4. The zero-order valence-corrected chi connectivity index (χ0v) is 21.3. The largest absolute Gasteiger partial charge is 0.445 e. The Morgan fingerprint density at radius 1 is 0.889 bits per heavy atom. The molecule has 2 heterocycles. The van der Waals surface area contributed by atoms with Gasteiger partial charge in [0, 0.05) is 37.3 Å². The number of likely N-dealkylation sites (tertiary alicyclic amines) is 2. The Morgan fingerprint density at radius 3 is 2.19 bits per heavy atom. The van der Waals surface area contributed by atoms with Crippen LogP contribution in [0.5, 0.6) is 0 Å². The molecule has 0 aliphatic carbocycles. The van der Waals surface area contributed by atoms with Gasteiger partial charge in [-0.3, -0.25) is 10.1 Å². The molecule has 2 aliphatic rings. The van der Waals surface area contributed by atoms with Gasteiger partial charge in [0.2, 0.25) is 5.91 Å². The molecule has 0 radical (unpaired) electrons. The zero-order valence-electron chi connectivity index (χ0n) is 21.3. The van der Waals surface area contributed by atoms with E-state index in [1.165, 1.54) is 0 Å². The van der Waals surface area contributed by atoms with E-state index in [-0.39, 0.29) is 24.0 Å². The summed E-state index contributed by atoms with van der Waals surface area (Å²) >= 11 is 0. The summed E-state index contributed by atoms with van der Waals surface area (Å²) in [5, 5.41) is 2.70. The van der Waals surface area contributed by atoms with Crippen molar-refractivity contribution in [1.29, 1.82) is 0 Å². The van der Waals surface area contributed by atoms with Crippen molar-refractivity contribution in [3.05, 3.63) is 65.7 Å². The van der Waals surface area contributed by atoms with Gasteiger partial charge in [0.05, 0.1) is 6.42 Å². The first-order valence-corrected chi connectivity index (χ1v) is 12.4. The Balaban J connectivity index is 1.24. The summed E-state index contributed by atoms with van der Waals surface area (Å²) < 4.78 is 10.8. The molecule has 4 rings (SSSR count). The van der Waals surface area contributed by atoms with Crippen molar-refractivity contribution in [3.8, 4) is 0 Å². The van der Waals surface area contributed by atoms with E-state index in [9.17, 15) is 14.4 Å². The number of benzene rings is 2. The summed E-state index contributed by atoms with van der Waals surface area (Å²) in [4.78, 5) is 41.2. The summed E-state index contributed by atoms with van der Waals surface area (Å²) in [6, 6.07) is 16.9. The van der Waals surface area contributed by atoms with Gasteiger partial charge in [0.1, 0.15) is 12.2 Å². The van der Waals surface area contributed by atoms with E-state index in [2.05, 4.69) is 5.32 Å². The summed E-state index contributed by atoms with van der Waals surface area (Å²) in [5.41, 5.74) is 1.84. The fourth-order valence-electron chi connectivity index (χ4n) is 4.80. The number of carbonyl (C=O) groups is 3. The van der Waals surface area contributed by atoms with Crippen molar-refractivity contribution in [2.24, 2.45) is 5.41 Å². The predicted molar refractivity (Wildman–Crippen MR) is 136 cm³/mol. The van der Waals surface area contributed by atoms with E-state index in [1.54, 1.807) is 17.0 Å². The average molecular weight is 494 g/mol. The minimum absolute atomic E-state index is 0.0530. The van der Waals surface area contributed by atoms with Gasteiger partial charge >= 0.3 is 12.2 Å². The summed E-state index contributed by atoms with van der Waals surface area (Å²) in [7, 11) is 0. The lowest BCUT2D eigenvalue weighted by Gasteiger charge is -2.24. The van der Waals surface area contributed by atoms with E-state index in [0.717, 1.165) is 24.0 Å². The maximum Gasteiger partial charge on any atom is 0.412 e. The van der Waals surface area contributed by atoms with Crippen molar-refractivity contribution < 1.29 is 23.9 Å². The van der Waals surface area contributed by atoms with Crippen LogP contribution in [0.1, 0.15) is 44.7 Å². The molecule has 192 valence electrons. The third-order valence-corrected chi connectivity index (χ3v) is 6.65. The third kappa shape index (κ3) is 6.77. The van der Waals surface area contributed by atoms with Crippen LogP contribution < -0.4 is 5.32 Å². The van der Waals surface area contributed by atoms with Crippen molar-refractivity contribution in [1.82, 2.24) is 9.80 Å². The Bertz CT molecular complexity index is 1080. The lowest BCUT2D eigenvalue weighted by molar-refractivity contribution is -0.129. The Labute approximate surface area is 212 Å². The molecule has 3 amide bonds. The first-order valence-electron chi connectivity index (χ1n) is 12.4. The molecule has 0 bridgehead atoms. The van der Waals surface area contributed by atoms with Crippen molar-refractivity contribution >= 4 is 23.8 Å². The van der Waals surface area contributed by atoms with Gasteiger partial charge in [-0.2, -0.15) is 0 Å². The molecule has 2 aliphatic heterocycles. The first-order chi connectivity index (χ1) is 17.1. The maximum absolute atomic E-state index is 13.0. The molecule has 1 unspecified atom stereocenters. The number of carbonyl (C=O) groups excluding carboxylic acids is 3. The van der Waals surface area contributed by atoms with E-state index < -0.39 is 11.7 Å². The molecule has 8 nitrogen and oxygen atoms in total. The van der Waals surface area contributed by atoms with Crippen LogP contribution in [0, 0.1) is 5.41 Å². The molecule has 0 aromatic heterocycles. The minimum Gasteiger partial charge on any atom is -0.445 e. The van der Waals surface area contributed by atoms with Crippen LogP contribution in [-0.4, -0.2) is 59.7 Å². The molecule has 8 heteroatoms. The number of hydrogen-bond acceptors (Lipinski definition) is 5. The second kappa shape index (κ2) is 10.6. The van der Waals surface area contributed by atoms with E-state index in [0.29, 0.717) is 38.3 Å². The van der Waals surface area contributed by atoms with Gasteiger partial charge in [-0.1, -0.05) is 42.5 Å². The van der Waals surface area contributed by atoms with Crippen molar-refractivity contribution in [2.75, 3.05) is 31.5 Å². The van der Waals surface area contributed by atoms with Crippen molar-refractivity contribution in [3.63, 3.8) is 0 Å². The van der Waals surface area contributed by atoms with Gasteiger partial charge < -0.3 is 19.3 Å². The van der Waals surface area contributed by atoms with Crippen LogP contribution in [0.25, 0.3) is 0 Å². The number of anilines is 1. The summed E-state index contributed by atoms with van der Waals surface area (Å²) in [6.07, 6.45) is 1.26. The Kier molecular flexibility index (Phi) is 7.52. The lowest BCUT2D eigenvalue weighted by Crippen LogP contribution is -2.36. The standard InChI is InChI=1S/C28H35N3O5/c1-27(2,3)36-25(33)29-23-11-9-21(10-12-23)17-24(32)30-15-13-28(19-30)14-16-31(20-28)26(34)35-18-22-7-5-4-6-8-22/h4-12H,13-20H2,1-3H3,(H,29,33). The minimum atomic E-state index is -0.567. The van der Waals surface area contributed by atoms with Gasteiger partial charge in [-0.05, 0) is 56.9 Å². The number of nitrogens with zero attached hydrogens (tertiary/aromatic N) is 2. The number of ether oxygens (including phenoxy) is 2. The highest BCUT2D eigenvalue weighted by Crippen LogP contribution is 2.40. The van der Waals surface area contributed by atoms with E-state index >= 15 is 0 Å². The first kappa shape index (κ1) is 25.5. The molecule has 1 N–H and O–H groups in total. The van der Waals surface area contributed by atoms with Crippen LogP contribution in [0.2, 0.25) is 0 Å². The molecule has 2 saturated heterocycles. The highest BCUT2D eigenvalue weighted by atomic mass is 16.6. The van der Waals surface area contributed by atoms with Crippen LogP contribution in [-0.2, 0) is 27.3 Å². The highest BCUT2D eigenvalue weighted by molar-refractivity contribution is 5.85. The molecule has 1 atom stereocenters.